The van der Waals surface area contributed by atoms with E-state index < -0.39 is 5.54 Å². The minimum Gasteiger partial charge on any atom is -0.383 e. The topological polar surface area (TPSA) is 53.6 Å². The number of carbonyl (C=O) groups is 1. The minimum atomic E-state index is -0.620. The zero-order chi connectivity index (χ0) is 18.2. The van der Waals surface area contributed by atoms with Crippen LogP contribution < -0.4 is 10.6 Å². The number of nitrogens with one attached hydrogen (secondary N) is 2. The lowest BCUT2D eigenvalue weighted by Gasteiger charge is -2.42. The van der Waals surface area contributed by atoms with Crippen molar-refractivity contribution in [3.63, 3.8) is 0 Å². The van der Waals surface area contributed by atoms with Gasteiger partial charge in [-0.1, -0.05) is 24.3 Å². The maximum Gasteiger partial charge on any atom is 0.247 e. The molecule has 1 amide bonds. The average Bonchev–Trinajstić information content (AvgIpc) is 3.16. The fraction of sp³-hybridized carbons (Fsp3) is 0.450. The largest absolute Gasteiger partial charge is 0.383 e. The lowest BCUT2D eigenvalue weighted by molar-refractivity contribution is -0.127. The molecule has 3 rings (SSSR count). The lowest BCUT2D eigenvalue weighted by Crippen LogP contribution is -2.61. The third kappa shape index (κ3) is 4.84. The van der Waals surface area contributed by atoms with Gasteiger partial charge in [0.05, 0.1) is 6.61 Å². The summed E-state index contributed by atoms with van der Waals surface area (Å²) in [6.07, 6.45) is 1.81. The molecule has 1 fully saturated rings. The molecule has 0 spiro atoms. The fourth-order valence-corrected chi connectivity index (χ4v) is 4.23. The summed E-state index contributed by atoms with van der Waals surface area (Å²) in [6.45, 7) is 3.64. The summed E-state index contributed by atoms with van der Waals surface area (Å²) < 4.78 is 5.08. The number of piperidine rings is 1. The number of benzene rings is 1. The number of rotatable bonds is 8. The molecule has 1 aromatic heterocycles. The number of nitrogens with zero attached hydrogens (tertiary/aromatic N) is 1. The average molecular weight is 374 g/mol. The number of ether oxygens (including phenoxy) is 1. The van der Waals surface area contributed by atoms with E-state index in [0.29, 0.717) is 19.7 Å². The highest BCUT2D eigenvalue weighted by molar-refractivity contribution is 7.09. The van der Waals surface area contributed by atoms with E-state index in [1.165, 1.54) is 4.88 Å². The molecule has 26 heavy (non-hydrogen) atoms. The van der Waals surface area contributed by atoms with Crippen LogP contribution in [0.3, 0.4) is 0 Å². The number of carbonyl (C=O) groups excluding carboxylic acids is 1. The molecule has 1 aliphatic heterocycles. The maximum atomic E-state index is 13.1. The van der Waals surface area contributed by atoms with E-state index in [4.69, 9.17) is 4.74 Å². The van der Waals surface area contributed by atoms with E-state index in [1.54, 1.807) is 18.4 Å². The fourth-order valence-electron chi connectivity index (χ4n) is 3.48. The quantitative estimate of drug-likeness (QED) is 0.699. The number of anilines is 1. The minimum absolute atomic E-state index is 0.0503. The van der Waals surface area contributed by atoms with Gasteiger partial charge in [-0.25, -0.2) is 0 Å². The molecule has 1 atom stereocenters. The van der Waals surface area contributed by atoms with Gasteiger partial charge in [-0.2, -0.15) is 0 Å². The van der Waals surface area contributed by atoms with Crippen LogP contribution in [-0.4, -0.2) is 49.7 Å². The van der Waals surface area contributed by atoms with Gasteiger partial charge in [0.1, 0.15) is 5.54 Å². The zero-order valence-corrected chi connectivity index (χ0v) is 16.1. The maximum absolute atomic E-state index is 13.1. The van der Waals surface area contributed by atoms with Crippen LogP contribution in [0.2, 0.25) is 0 Å². The van der Waals surface area contributed by atoms with Gasteiger partial charge in [0, 0.05) is 37.3 Å². The Morgan fingerprint density at radius 2 is 2.12 bits per heavy atom. The molecule has 0 aliphatic carbocycles. The van der Waals surface area contributed by atoms with E-state index >= 15 is 0 Å². The van der Waals surface area contributed by atoms with Crippen LogP contribution in [0, 0.1) is 0 Å². The van der Waals surface area contributed by atoms with Crippen LogP contribution in [0.25, 0.3) is 0 Å². The van der Waals surface area contributed by atoms with Gasteiger partial charge >= 0.3 is 0 Å². The Morgan fingerprint density at radius 1 is 1.27 bits per heavy atom. The predicted octanol–water partition coefficient (Wildman–Crippen LogP) is 2.96. The van der Waals surface area contributed by atoms with Gasteiger partial charge in [-0.3, -0.25) is 9.69 Å². The van der Waals surface area contributed by atoms with Crippen molar-refractivity contribution >= 4 is 22.9 Å². The van der Waals surface area contributed by atoms with Crippen molar-refractivity contribution in [2.75, 3.05) is 38.7 Å². The standard InChI is InChI=1S/C20H27N3O2S/c1-25-13-11-21-19(24)20(22-17-7-3-2-4-8-17)10-6-12-23(16-20)15-18-9-5-14-26-18/h2-5,7-9,14,22H,6,10-13,15-16H2,1H3,(H,21,24). The molecule has 5 nitrogen and oxygen atoms in total. The van der Waals surface area contributed by atoms with Crippen molar-refractivity contribution in [2.24, 2.45) is 0 Å². The molecule has 0 saturated carbocycles. The van der Waals surface area contributed by atoms with Crippen LogP contribution >= 0.6 is 11.3 Å². The SMILES string of the molecule is COCCNC(=O)C1(Nc2ccccc2)CCCN(Cc2cccs2)C1. The number of amides is 1. The summed E-state index contributed by atoms with van der Waals surface area (Å²) in [7, 11) is 1.65. The summed E-state index contributed by atoms with van der Waals surface area (Å²) in [6, 6.07) is 14.2. The Balaban J connectivity index is 1.76. The smallest absolute Gasteiger partial charge is 0.247 e. The lowest BCUT2D eigenvalue weighted by atomic mass is 9.87. The number of hydrogen-bond donors (Lipinski definition) is 2. The monoisotopic (exact) mass is 373 g/mol. The van der Waals surface area contributed by atoms with Crippen LogP contribution in [0.15, 0.2) is 47.8 Å². The molecule has 6 heteroatoms. The number of para-hydroxylation sites is 1. The highest BCUT2D eigenvalue weighted by Crippen LogP contribution is 2.28. The molecule has 2 N–H and O–H groups in total. The third-order valence-corrected chi connectivity index (χ3v) is 5.58. The molecule has 0 bridgehead atoms. The molecule has 0 radical (unpaired) electrons. The van der Waals surface area contributed by atoms with Crippen LogP contribution in [0.1, 0.15) is 17.7 Å². The van der Waals surface area contributed by atoms with Crippen molar-refractivity contribution in [3.05, 3.63) is 52.7 Å². The Bertz CT molecular complexity index is 678. The summed E-state index contributed by atoms with van der Waals surface area (Å²) >= 11 is 1.77. The Morgan fingerprint density at radius 3 is 2.85 bits per heavy atom. The Hall–Kier alpha value is -1.89. The molecule has 1 saturated heterocycles. The molecule has 2 aromatic rings. The normalized spacial score (nSPS) is 20.7. The number of likely N-dealkylation sites (tertiary alicyclic amines) is 1. The highest BCUT2D eigenvalue weighted by Gasteiger charge is 2.42. The molecule has 1 aliphatic rings. The van der Waals surface area contributed by atoms with Gasteiger partial charge in [-0.15, -0.1) is 11.3 Å². The van der Waals surface area contributed by atoms with Gasteiger partial charge in [0.25, 0.3) is 0 Å². The van der Waals surface area contributed by atoms with E-state index in [0.717, 1.165) is 31.6 Å². The van der Waals surface area contributed by atoms with E-state index in [2.05, 4.69) is 33.0 Å². The second-order valence-electron chi connectivity index (χ2n) is 6.72. The van der Waals surface area contributed by atoms with Crippen molar-refractivity contribution in [3.8, 4) is 0 Å². The molecule has 2 heterocycles. The first kappa shape index (κ1) is 18.9. The third-order valence-electron chi connectivity index (χ3n) is 4.71. The van der Waals surface area contributed by atoms with Crippen molar-refractivity contribution in [1.29, 1.82) is 0 Å². The van der Waals surface area contributed by atoms with Crippen molar-refractivity contribution in [1.82, 2.24) is 10.2 Å². The van der Waals surface area contributed by atoms with Gasteiger partial charge in [-0.05, 0) is 43.0 Å². The van der Waals surface area contributed by atoms with Crippen molar-refractivity contribution < 1.29 is 9.53 Å². The van der Waals surface area contributed by atoms with Crippen molar-refractivity contribution in [2.45, 2.75) is 24.9 Å². The summed E-state index contributed by atoms with van der Waals surface area (Å²) in [5.41, 5.74) is 0.359. The Kier molecular flexibility index (Phi) is 6.66. The summed E-state index contributed by atoms with van der Waals surface area (Å²) in [5, 5.41) is 8.69. The van der Waals surface area contributed by atoms with Crippen LogP contribution in [-0.2, 0) is 16.1 Å². The Labute approximate surface area is 159 Å². The zero-order valence-electron chi connectivity index (χ0n) is 15.2. The molecule has 1 aromatic carbocycles. The van der Waals surface area contributed by atoms with Crippen LogP contribution in [0.5, 0.6) is 0 Å². The van der Waals surface area contributed by atoms with Gasteiger partial charge in [0.2, 0.25) is 5.91 Å². The second-order valence-corrected chi connectivity index (χ2v) is 7.75. The van der Waals surface area contributed by atoms with E-state index in [9.17, 15) is 4.79 Å². The molecule has 1 unspecified atom stereocenters. The summed E-state index contributed by atoms with van der Waals surface area (Å²) in [5.74, 6) is 0.0503. The molecular weight excluding hydrogens is 346 g/mol. The number of methoxy groups -OCH3 is 1. The van der Waals surface area contributed by atoms with Crippen LogP contribution in [0.4, 0.5) is 5.69 Å². The van der Waals surface area contributed by atoms with E-state index in [1.807, 2.05) is 30.3 Å². The molecule has 140 valence electrons. The van der Waals surface area contributed by atoms with E-state index in [-0.39, 0.29) is 5.91 Å². The molecular formula is C20H27N3O2S. The number of thiophene rings is 1. The predicted molar refractivity (Wildman–Crippen MR) is 107 cm³/mol. The first-order chi connectivity index (χ1) is 12.7. The highest BCUT2D eigenvalue weighted by atomic mass is 32.1. The second kappa shape index (κ2) is 9.16. The first-order valence-electron chi connectivity index (χ1n) is 9.07. The number of hydrogen-bond acceptors (Lipinski definition) is 5. The van der Waals surface area contributed by atoms with Gasteiger partial charge < -0.3 is 15.4 Å². The first-order valence-corrected chi connectivity index (χ1v) is 9.95. The van der Waals surface area contributed by atoms with Gasteiger partial charge in [0.15, 0.2) is 0 Å². The summed E-state index contributed by atoms with van der Waals surface area (Å²) in [4.78, 5) is 16.8.